The Morgan fingerprint density at radius 2 is 1.17 bits per heavy atom. The minimum Gasteiger partial charge on any atom is -0.0619 e. The summed E-state index contributed by atoms with van der Waals surface area (Å²) in [6, 6.07) is 38.4. The quantitative estimate of drug-likeness (QED) is 0.256. The van der Waals surface area contributed by atoms with Crippen molar-refractivity contribution in [1.29, 1.82) is 0 Å². The fourth-order valence-electron chi connectivity index (χ4n) is 6.15. The van der Waals surface area contributed by atoms with Gasteiger partial charge in [0, 0.05) is 0 Å². The fraction of sp³-hybridized carbons (Fsp3) is 0.0667. The van der Waals surface area contributed by atoms with Gasteiger partial charge < -0.3 is 0 Å². The smallest absolute Gasteiger partial charge is 0.0619 e. The highest BCUT2D eigenvalue weighted by Crippen LogP contribution is 2.64. The molecule has 0 bridgehead atoms. The third-order valence-corrected chi connectivity index (χ3v) is 7.20. The molecule has 5 aromatic rings. The van der Waals surface area contributed by atoms with E-state index < -0.39 is 0 Å². The first-order chi connectivity index (χ1) is 14.8. The lowest BCUT2D eigenvalue weighted by atomic mass is 9.69. The van der Waals surface area contributed by atoms with Crippen LogP contribution in [0.1, 0.15) is 27.8 Å². The molecule has 0 radical (unpaired) electrons. The first-order valence-electron chi connectivity index (χ1n) is 10.6. The van der Waals surface area contributed by atoms with Gasteiger partial charge in [-0.2, -0.15) is 0 Å². The zero-order chi connectivity index (χ0) is 19.9. The van der Waals surface area contributed by atoms with Gasteiger partial charge in [-0.1, -0.05) is 103 Å². The number of hydrogen-bond donors (Lipinski definition) is 0. The molecule has 2 aliphatic carbocycles. The molecule has 0 heteroatoms. The van der Waals surface area contributed by atoms with Crippen molar-refractivity contribution in [1.82, 2.24) is 0 Å². The molecule has 1 spiro atoms. The van der Waals surface area contributed by atoms with Crippen molar-refractivity contribution in [3.8, 4) is 22.3 Å². The van der Waals surface area contributed by atoms with Crippen molar-refractivity contribution in [3.63, 3.8) is 0 Å². The van der Waals surface area contributed by atoms with Crippen LogP contribution < -0.4 is 0 Å². The van der Waals surface area contributed by atoms with Crippen LogP contribution in [-0.4, -0.2) is 0 Å². The van der Waals surface area contributed by atoms with Gasteiger partial charge in [0.25, 0.3) is 0 Å². The van der Waals surface area contributed by atoms with Crippen LogP contribution in [-0.2, 0) is 5.41 Å². The van der Waals surface area contributed by atoms with E-state index in [-0.39, 0.29) is 5.41 Å². The van der Waals surface area contributed by atoms with Crippen molar-refractivity contribution >= 4 is 10.8 Å². The van der Waals surface area contributed by atoms with Crippen LogP contribution in [0.25, 0.3) is 33.0 Å². The second kappa shape index (κ2) is 5.49. The van der Waals surface area contributed by atoms with E-state index in [0.717, 1.165) is 0 Å². The highest BCUT2D eigenvalue weighted by molar-refractivity contribution is 6.03. The molecule has 1 atom stereocenters. The number of aryl methyl sites for hydroxylation is 1. The number of rotatable bonds is 0. The van der Waals surface area contributed by atoms with Crippen molar-refractivity contribution in [2.45, 2.75) is 12.3 Å². The van der Waals surface area contributed by atoms with Crippen molar-refractivity contribution < 1.29 is 0 Å². The first-order valence-corrected chi connectivity index (χ1v) is 10.6. The van der Waals surface area contributed by atoms with Gasteiger partial charge in [0.15, 0.2) is 0 Å². The Morgan fingerprint density at radius 1 is 0.500 bits per heavy atom. The number of benzene rings is 5. The first kappa shape index (κ1) is 16.2. The highest BCUT2D eigenvalue weighted by Gasteiger charge is 2.52. The lowest BCUT2D eigenvalue weighted by Crippen LogP contribution is -2.26. The zero-order valence-corrected chi connectivity index (χ0v) is 16.8. The average Bonchev–Trinajstić information content (AvgIpc) is 3.27. The zero-order valence-electron chi connectivity index (χ0n) is 16.8. The molecule has 30 heavy (non-hydrogen) atoms. The Kier molecular flexibility index (Phi) is 2.96. The Bertz CT molecular complexity index is 1500. The van der Waals surface area contributed by atoms with E-state index in [0.29, 0.717) is 0 Å². The molecular formula is C30H20. The molecule has 0 aromatic heterocycles. The summed E-state index contributed by atoms with van der Waals surface area (Å²) >= 11 is 0. The van der Waals surface area contributed by atoms with Gasteiger partial charge in [-0.25, -0.2) is 0 Å². The van der Waals surface area contributed by atoms with E-state index in [1.165, 1.54) is 60.8 Å². The van der Waals surface area contributed by atoms with Crippen LogP contribution >= 0.6 is 0 Å². The normalized spacial score (nSPS) is 17.6. The fourth-order valence-corrected chi connectivity index (χ4v) is 6.15. The Balaban J connectivity index is 1.79. The van der Waals surface area contributed by atoms with Crippen LogP contribution in [0.15, 0.2) is 103 Å². The van der Waals surface area contributed by atoms with E-state index in [4.69, 9.17) is 0 Å². The average molecular weight is 380 g/mol. The van der Waals surface area contributed by atoms with Crippen LogP contribution in [0.3, 0.4) is 0 Å². The maximum Gasteiger partial charge on any atom is 0.0731 e. The predicted octanol–water partition coefficient (Wildman–Crippen LogP) is 7.49. The predicted molar refractivity (Wildman–Crippen MR) is 125 cm³/mol. The number of fused-ring (bicyclic) bond motifs is 12. The molecule has 0 saturated heterocycles. The second-order valence-electron chi connectivity index (χ2n) is 8.55. The van der Waals surface area contributed by atoms with Gasteiger partial charge in [-0.3, -0.25) is 0 Å². The Labute approximate surface area is 176 Å². The van der Waals surface area contributed by atoms with E-state index in [2.05, 4.69) is 110 Å². The molecule has 0 heterocycles. The second-order valence-corrected chi connectivity index (χ2v) is 8.55. The molecule has 0 N–H and O–H groups in total. The summed E-state index contributed by atoms with van der Waals surface area (Å²) in [5.74, 6) is 0. The number of hydrogen-bond acceptors (Lipinski definition) is 0. The maximum atomic E-state index is 2.36. The summed E-state index contributed by atoms with van der Waals surface area (Å²) in [6.45, 7) is 2.25. The van der Waals surface area contributed by atoms with Crippen LogP contribution in [0.5, 0.6) is 0 Å². The summed E-state index contributed by atoms with van der Waals surface area (Å²) in [5, 5.41) is 2.66. The van der Waals surface area contributed by atoms with Crippen LogP contribution in [0.4, 0.5) is 0 Å². The topological polar surface area (TPSA) is 0 Å². The Morgan fingerprint density at radius 3 is 2.03 bits per heavy atom. The summed E-state index contributed by atoms with van der Waals surface area (Å²) in [4.78, 5) is 0. The van der Waals surface area contributed by atoms with Crippen molar-refractivity contribution in [2.24, 2.45) is 0 Å². The molecule has 7 rings (SSSR count). The molecule has 0 aliphatic heterocycles. The molecule has 1 unspecified atom stereocenters. The van der Waals surface area contributed by atoms with Gasteiger partial charge in [0.05, 0.1) is 5.41 Å². The minimum absolute atomic E-state index is 0.259. The minimum atomic E-state index is -0.259. The summed E-state index contributed by atoms with van der Waals surface area (Å²) in [6.07, 6.45) is 0. The summed E-state index contributed by atoms with van der Waals surface area (Å²) in [7, 11) is 0. The van der Waals surface area contributed by atoms with E-state index in [1.54, 1.807) is 0 Å². The third-order valence-electron chi connectivity index (χ3n) is 7.20. The van der Waals surface area contributed by atoms with Gasteiger partial charge in [-0.15, -0.1) is 0 Å². The van der Waals surface area contributed by atoms with E-state index >= 15 is 0 Å². The van der Waals surface area contributed by atoms with E-state index in [1.807, 2.05) is 0 Å². The monoisotopic (exact) mass is 380 g/mol. The molecule has 0 saturated carbocycles. The van der Waals surface area contributed by atoms with Gasteiger partial charge in [0.2, 0.25) is 0 Å². The van der Waals surface area contributed by atoms with Crippen molar-refractivity contribution in [2.75, 3.05) is 0 Å². The SMILES string of the molecule is Cc1cccc2c1-c1ccccc1C21c2ccccc2-c2ccc3ccccc3c21. The van der Waals surface area contributed by atoms with Crippen molar-refractivity contribution in [3.05, 3.63) is 131 Å². The van der Waals surface area contributed by atoms with Crippen LogP contribution in [0.2, 0.25) is 0 Å². The lowest BCUT2D eigenvalue weighted by molar-refractivity contribution is 0.801. The van der Waals surface area contributed by atoms with E-state index in [9.17, 15) is 0 Å². The summed E-state index contributed by atoms with van der Waals surface area (Å²) in [5.41, 5.74) is 12.3. The Hall–Kier alpha value is -3.64. The maximum absolute atomic E-state index is 2.36. The van der Waals surface area contributed by atoms with Gasteiger partial charge >= 0.3 is 0 Å². The molecule has 140 valence electrons. The highest BCUT2D eigenvalue weighted by atomic mass is 14.5. The molecule has 0 amide bonds. The molecule has 5 aromatic carbocycles. The molecular weight excluding hydrogens is 360 g/mol. The third kappa shape index (κ3) is 1.70. The summed E-state index contributed by atoms with van der Waals surface area (Å²) < 4.78 is 0. The lowest BCUT2D eigenvalue weighted by Gasteiger charge is -2.31. The molecule has 0 fully saturated rings. The van der Waals surface area contributed by atoms with Gasteiger partial charge in [0.1, 0.15) is 0 Å². The van der Waals surface area contributed by atoms with Crippen LogP contribution in [0, 0.1) is 6.92 Å². The molecule has 2 aliphatic rings. The molecule has 0 nitrogen and oxygen atoms in total. The standard InChI is InChI=1S/C30H20/c1-19-9-8-16-27-28(19)24-13-5-7-15-26(24)30(27)25-14-6-4-12-22(25)23-18-17-20-10-2-3-11-21(20)29(23)30/h2-18H,1H3. The van der Waals surface area contributed by atoms with Gasteiger partial charge in [-0.05, 0) is 67.8 Å². The largest absolute Gasteiger partial charge is 0.0731 e.